The number of ether oxygens (including phenoxy) is 1. The fourth-order valence-electron chi connectivity index (χ4n) is 3.28. The van der Waals surface area contributed by atoms with E-state index in [9.17, 15) is 14.0 Å². The topological polar surface area (TPSA) is 61.9 Å². The van der Waals surface area contributed by atoms with Gasteiger partial charge in [-0.25, -0.2) is 4.39 Å². The van der Waals surface area contributed by atoms with E-state index in [0.29, 0.717) is 38.5 Å². The molecule has 6 nitrogen and oxygen atoms in total. The molecule has 3 rings (SSSR count). The first-order chi connectivity index (χ1) is 12.0. The van der Waals surface area contributed by atoms with Crippen molar-refractivity contribution in [3.8, 4) is 0 Å². The Morgan fingerprint density at radius 2 is 2.04 bits per heavy atom. The van der Waals surface area contributed by atoms with Gasteiger partial charge in [0.2, 0.25) is 5.91 Å². The highest BCUT2D eigenvalue weighted by molar-refractivity contribution is 5.94. The Kier molecular flexibility index (Phi) is 5.65. The molecular formula is C18H24FN3O3. The van der Waals surface area contributed by atoms with E-state index in [1.807, 2.05) is 16.7 Å². The van der Waals surface area contributed by atoms with Crippen LogP contribution in [0.2, 0.25) is 0 Å². The fourth-order valence-corrected chi connectivity index (χ4v) is 3.28. The van der Waals surface area contributed by atoms with E-state index in [4.69, 9.17) is 4.74 Å². The minimum atomic E-state index is -0.383. The average molecular weight is 349 g/mol. The number of carbonyl (C=O) groups is 2. The standard InChI is InChI=1S/C18H24FN3O3/c1-13(17(23)20-15-5-2-4-14(19)12-15)21-7-9-22(10-8-21)18(24)16-6-3-11-25-16/h2,4-5,12-13,16H,3,6-11H2,1H3,(H,20,23). The molecule has 0 bridgehead atoms. The fraction of sp³-hybridized carbons (Fsp3) is 0.556. The summed E-state index contributed by atoms with van der Waals surface area (Å²) in [6.45, 7) is 4.94. The predicted octanol–water partition coefficient (Wildman–Crippen LogP) is 1.48. The number of rotatable bonds is 4. The van der Waals surface area contributed by atoms with Crippen LogP contribution in [-0.4, -0.2) is 66.5 Å². The van der Waals surface area contributed by atoms with Crippen molar-refractivity contribution in [2.24, 2.45) is 0 Å². The lowest BCUT2D eigenvalue weighted by molar-refractivity contribution is -0.143. The van der Waals surface area contributed by atoms with Crippen molar-refractivity contribution in [3.05, 3.63) is 30.1 Å². The summed E-state index contributed by atoms with van der Waals surface area (Å²) in [5.74, 6) is -0.495. The molecule has 0 aliphatic carbocycles. The van der Waals surface area contributed by atoms with Crippen molar-refractivity contribution in [1.82, 2.24) is 9.80 Å². The van der Waals surface area contributed by atoms with Gasteiger partial charge >= 0.3 is 0 Å². The summed E-state index contributed by atoms with van der Waals surface area (Å²) in [7, 11) is 0. The zero-order valence-electron chi connectivity index (χ0n) is 14.4. The Bertz CT molecular complexity index is 626. The van der Waals surface area contributed by atoms with Crippen molar-refractivity contribution in [2.45, 2.75) is 31.9 Å². The molecule has 25 heavy (non-hydrogen) atoms. The smallest absolute Gasteiger partial charge is 0.251 e. The van der Waals surface area contributed by atoms with Crippen molar-refractivity contribution in [3.63, 3.8) is 0 Å². The quantitative estimate of drug-likeness (QED) is 0.894. The van der Waals surface area contributed by atoms with Crippen molar-refractivity contribution in [2.75, 3.05) is 38.1 Å². The van der Waals surface area contributed by atoms with Crippen LogP contribution in [0.1, 0.15) is 19.8 Å². The lowest BCUT2D eigenvalue weighted by Crippen LogP contribution is -2.55. The zero-order valence-corrected chi connectivity index (χ0v) is 14.4. The maximum atomic E-state index is 13.2. The molecule has 1 N–H and O–H groups in total. The molecule has 2 unspecified atom stereocenters. The first kappa shape index (κ1) is 17.8. The maximum absolute atomic E-state index is 13.2. The average Bonchev–Trinajstić information content (AvgIpc) is 3.15. The molecule has 2 saturated heterocycles. The number of amides is 2. The highest BCUT2D eigenvalue weighted by Gasteiger charge is 2.32. The molecule has 1 aromatic carbocycles. The first-order valence-corrected chi connectivity index (χ1v) is 8.75. The van der Waals surface area contributed by atoms with Crippen LogP contribution in [0.25, 0.3) is 0 Å². The van der Waals surface area contributed by atoms with Crippen LogP contribution < -0.4 is 5.32 Å². The van der Waals surface area contributed by atoms with Crippen LogP contribution in [0.4, 0.5) is 10.1 Å². The van der Waals surface area contributed by atoms with Gasteiger partial charge in [-0.05, 0) is 38.0 Å². The van der Waals surface area contributed by atoms with Gasteiger partial charge in [0.25, 0.3) is 5.91 Å². The molecule has 2 heterocycles. The van der Waals surface area contributed by atoms with Crippen LogP contribution in [0.15, 0.2) is 24.3 Å². The van der Waals surface area contributed by atoms with Crippen molar-refractivity contribution in [1.29, 1.82) is 0 Å². The van der Waals surface area contributed by atoms with Crippen LogP contribution in [0, 0.1) is 5.82 Å². The number of hydrogen-bond donors (Lipinski definition) is 1. The predicted molar refractivity (Wildman–Crippen MR) is 91.6 cm³/mol. The third kappa shape index (κ3) is 4.35. The largest absolute Gasteiger partial charge is 0.368 e. The zero-order chi connectivity index (χ0) is 17.8. The highest BCUT2D eigenvalue weighted by Crippen LogP contribution is 2.17. The number of nitrogens with zero attached hydrogens (tertiary/aromatic N) is 2. The molecular weight excluding hydrogens is 325 g/mol. The lowest BCUT2D eigenvalue weighted by atomic mass is 10.1. The third-order valence-corrected chi connectivity index (χ3v) is 4.85. The monoisotopic (exact) mass is 349 g/mol. The first-order valence-electron chi connectivity index (χ1n) is 8.75. The molecule has 2 amide bonds. The van der Waals surface area contributed by atoms with Gasteiger partial charge in [0.1, 0.15) is 11.9 Å². The molecule has 2 atom stereocenters. The van der Waals surface area contributed by atoms with Gasteiger partial charge in [-0.2, -0.15) is 0 Å². The van der Waals surface area contributed by atoms with E-state index in [1.165, 1.54) is 12.1 Å². The van der Waals surface area contributed by atoms with Gasteiger partial charge < -0.3 is 15.0 Å². The summed E-state index contributed by atoms with van der Waals surface area (Å²) >= 11 is 0. The minimum Gasteiger partial charge on any atom is -0.368 e. The maximum Gasteiger partial charge on any atom is 0.251 e. The normalized spacial score (nSPS) is 22.6. The number of nitrogens with one attached hydrogen (secondary N) is 1. The van der Waals surface area contributed by atoms with Crippen LogP contribution in [-0.2, 0) is 14.3 Å². The molecule has 7 heteroatoms. The summed E-state index contributed by atoms with van der Waals surface area (Å²) in [5, 5.41) is 2.74. The summed E-state index contributed by atoms with van der Waals surface area (Å²) in [4.78, 5) is 28.6. The van der Waals surface area contributed by atoms with Gasteiger partial charge in [0, 0.05) is 38.5 Å². The van der Waals surface area contributed by atoms with Crippen molar-refractivity contribution < 1.29 is 18.7 Å². The van der Waals surface area contributed by atoms with E-state index in [-0.39, 0.29) is 29.8 Å². The minimum absolute atomic E-state index is 0.0639. The summed E-state index contributed by atoms with van der Waals surface area (Å²) in [6, 6.07) is 5.51. The van der Waals surface area contributed by atoms with Gasteiger partial charge in [-0.1, -0.05) is 6.07 Å². The second kappa shape index (κ2) is 7.93. The SMILES string of the molecule is CC(C(=O)Nc1cccc(F)c1)N1CCN(C(=O)C2CCCO2)CC1. The molecule has 136 valence electrons. The van der Waals surface area contributed by atoms with Gasteiger partial charge in [-0.3, -0.25) is 14.5 Å². The highest BCUT2D eigenvalue weighted by atomic mass is 19.1. The van der Waals surface area contributed by atoms with Gasteiger partial charge in [0.15, 0.2) is 0 Å². The van der Waals surface area contributed by atoms with Crippen LogP contribution >= 0.6 is 0 Å². The number of piperazine rings is 1. The Morgan fingerprint density at radius 1 is 1.28 bits per heavy atom. The van der Waals surface area contributed by atoms with E-state index in [1.54, 1.807) is 12.1 Å². The third-order valence-electron chi connectivity index (χ3n) is 4.85. The van der Waals surface area contributed by atoms with E-state index < -0.39 is 0 Å². The summed E-state index contributed by atoms with van der Waals surface area (Å²) in [6.07, 6.45) is 1.44. The lowest BCUT2D eigenvalue weighted by Gasteiger charge is -2.38. The molecule has 2 aliphatic heterocycles. The Balaban J connectivity index is 1.49. The molecule has 2 fully saturated rings. The Labute approximate surface area is 146 Å². The summed E-state index contributed by atoms with van der Waals surface area (Å²) in [5.41, 5.74) is 0.448. The number of hydrogen-bond acceptors (Lipinski definition) is 4. The van der Waals surface area contributed by atoms with Crippen molar-refractivity contribution >= 4 is 17.5 Å². The second-order valence-corrected chi connectivity index (χ2v) is 6.54. The number of halogens is 1. The van der Waals surface area contributed by atoms with E-state index >= 15 is 0 Å². The Morgan fingerprint density at radius 3 is 2.68 bits per heavy atom. The molecule has 1 aromatic rings. The number of anilines is 1. The van der Waals surface area contributed by atoms with Crippen LogP contribution in [0.3, 0.4) is 0 Å². The van der Waals surface area contributed by atoms with Gasteiger partial charge in [-0.15, -0.1) is 0 Å². The molecule has 0 saturated carbocycles. The van der Waals surface area contributed by atoms with E-state index in [0.717, 1.165) is 12.8 Å². The number of benzene rings is 1. The summed E-state index contributed by atoms with van der Waals surface area (Å²) < 4.78 is 18.7. The number of carbonyl (C=O) groups excluding carboxylic acids is 2. The van der Waals surface area contributed by atoms with Gasteiger partial charge in [0.05, 0.1) is 6.04 Å². The molecule has 0 aromatic heterocycles. The van der Waals surface area contributed by atoms with Crippen LogP contribution in [0.5, 0.6) is 0 Å². The molecule has 0 radical (unpaired) electrons. The van der Waals surface area contributed by atoms with E-state index in [2.05, 4.69) is 5.32 Å². The molecule has 2 aliphatic rings. The molecule has 0 spiro atoms. The Hall–Kier alpha value is -1.99. The second-order valence-electron chi connectivity index (χ2n) is 6.54.